The van der Waals surface area contributed by atoms with Gasteiger partial charge in [0.25, 0.3) is 0 Å². The van der Waals surface area contributed by atoms with E-state index in [1.54, 1.807) is 0 Å². The van der Waals surface area contributed by atoms with Gasteiger partial charge in [0.2, 0.25) is 5.88 Å². The third-order valence-corrected chi connectivity index (χ3v) is 6.82. The van der Waals surface area contributed by atoms with Crippen LogP contribution in [0.3, 0.4) is 0 Å². The molecule has 2 aliphatic rings. The monoisotopic (exact) mass is 476 g/mol. The van der Waals surface area contributed by atoms with E-state index in [1.807, 2.05) is 42.0 Å². The van der Waals surface area contributed by atoms with Gasteiger partial charge in [0.15, 0.2) is 11.2 Å². The van der Waals surface area contributed by atoms with E-state index in [0.29, 0.717) is 47.5 Å². The van der Waals surface area contributed by atoms with Crippen molar-refractivity contribution in [3.05, 3.63) is 59.1 Å². The summed E-state index contributed by atoms with van der Waals surface area (Å²) in [6.07, 6.45) is 5.05. The van der Waals surface area contributed by atoms with E-state index in [9.17, 15) is 5.11 Å². The van der Waals surface area contributed by atoms with Crippen molar-refractivity contribution in [2.24, 2.45) is 0 Å². The minimum atomic E-state index is -0.283. The molecule has 6 rings (SSSR count). The number of aliphatic hydroxyl groups is 1. The van der Waals surface area contributed by atoms with Gasteiger partial charge in [0, 0.05) is 30.5 Å². The Labute approximate surface area is 202 Å². The highest BCUT2D eigenvalue weighted by Gasteiger charge is 2.41. The van der Waals surface area contributed by atoms with Crippen LogP contribution in [-0.2, 0) is 6.54 Å². The number of aryl methyl sites for hydroxylation is 1. The molecule has 0 spiro atoms. The molecular weight excluding hydrogens is 452 g/mol. The van der Waals surface area contributed by atoms with Gasteiger partial charge in [-0.3, -0.25) is 4.98 Å². The van der Waals surface area contributed by atoms with Gasteiger partial charge in [0.05, 0.1) is 23.4 Å². The zero-order valence-electron chi connectivity index (χ0n) is 19.1. The lowest BCUT2D eigenvalue weighted by molar-refractivity contribution is 0.142. The summed E-state index contributed by atoms with van der Waals surface area (Å²) in [7, 11) is 0. The van der Waals surface area contributed by atoms with Gasteiger partial charge in [0.1, 0.15) is 17.8 Å². The van der Waals surface area contributed by atoms with E-state index in [-0.39, 0.29) is 11.7 Å². The minimum absolute atomic E-state index is 0.190. The molecule has 1 aliphatic heterocycles. The van der Waals surface area contributed by atoms with Gasteiger partial charge in [-0.05, 0) is 62.6 Å². The first kappa shape index (κ1) is 21.3. The largest absolute Gasteiger partial charge is 0.470 e. The predicted octanol–water partition coefficient (Wildman–Crippen LogP) is 4.01. The first-order valence-corrected chi connectivity index (χ1v) is 11.8. The van der Waals surface area contributed by atoms with Crippen LogP contribution in [0.1, 0.15) is 31.0 Å². The Bertz CT molecular complexity index is 1390. The standard InChI is InChI=1S/C25H25ClN6O2/c1-15-5-8-27-16(9-15)11-32-22(19-4-3-17(10-20(19)26)31-12-18(33)13-31)30-21-23(32)28-14-29-24(21)34-25(2)6-7-25/h3-5,8-10,14,18,33H,6-7,11-13H2,1-2H3. The van der Waals surface area contributed by atoms with Crippen molar-refractivity contribution < 1.29 is 9.84 Å². The number of ether oxygens (including phenoxy) is 1. The van der Waals surface area contributed by atoms with Crippen molar-refractivity contribution in [3.63, 3.8) is 0 Å². The lowest BCUT2D eigenvalue weighted by Crippen LogP contribution is -2.50. The Hall–Kier alpha value is -3.23. The molecule has 0 radical (unpaired) electrons. The summed E-state index contributed by atoms with van der Waals surface area (Å²) in [6.45, 7) is 5.84. The van der Waals surface area contributed by atoms with Crippen LogP contribution in [0.2, 0.25) is 5.02 Å². The molecule has 34 heavy (non-hydrogen) atoms. The second kappa shape index (κ2) is 7.92. The zero-order chi connectivity index (χ0) is 23.4. The van der Waals surface area contributed by atoms with Crippen molar-refractivity contribution in [2.45, 2.75) is 44.9 Å². The van der Waals surface area contributed by atoms with Gasteiger partial charge in [-0.15, -0.1) is 0 Å². The average Bonchev–Trinajstić information content (AvgIpc) is 3.40. The number of rotatable bonds is 6. The number of aromatic nitrogens is 5. The fourth-order valence-electron chi connectivity index (χ4n) is 4.25. The van der Waals surface area contributed by atoms with Gasteiger partial charge in [-0.2, -0.15) is 4.98 Å². The van der Waals surface area contributed by atoms with Crippen LogP contribution in [0.25, 0.3) is 22.6 Å². The molecule has 3 aromatic heterocycles. The van der Waals surface area contributed by atoms with Gasteiger partial charge >= 0.3 is 0 Å². The van der Waals surface area contributed by atoms with Crippen LogP contribution in [0.4, 0.5) is 5.69 Å². The van der Waals surface area contributed by atoms with Gasteiger partial charge in [-0.1, -0.05) is 11.6 Å². The maximum absolute atomic E-state index is 9.65. The topological polar surface area (TPSA) is 89.2 Å². The summed E-state index contributed by atoms with van der Waals surface area (Å²) in [5.41, 5.74) is 4.91. The molecule has 1 saturated heterocycles. The van der Waals surface area contributed by atoms with E-state index in [4.69, 9.17) is 21.3 Å². The first-order chi connectivity index (χ1) is 16.4. The van der Waals surface area contributed by atoms with E-state index < -0.39 is 0 Å². The van der Waals surface area contributed by atoms with Gasteiger partial charge < -0.3 is 19.3 Å². The Morgan fingerprint density at radius 2 is 1.97 bits per heavy atom. The number of β-amino-alcohol motifs (C(OH)–C–C–N with tert-alkyl or cyclic N) is 1. The lowest BCUT2D eigenvalue weighted by Gasteiger charge is -2.38. The number of nitrogens with zero attached hydrogens (tertiary/aromatic N) is 6. The van der Waals surface area contributed by atoms with Crippen LogP contribution in [0.15, 0.2) is 42.9 Å². The highest BCUT2D eigenvalue weighted by molar-refractivity contribution is 6.33. The maximum Gasteiger partial charge on any atom is 0.245 e. The smallest absolute Gasteiger partial charge is 0.245 e. The van der Waals surface area contributed by atoms with Gasteiger partial charge in [-0.25, -0.2) is 9.97 Å². The van der Waals surface area contributed by atoms with E-state index in [2.05, 4.69) is 32.8 Å². The molecule has 1 N–H and O–H groups in total. The van der Waals surface area contributed by atoms with E-state index >= 15 is 0 Å². The number of halogens is 1. The second-order valence-corrected chi connectivity index (χ2v) is 9.88. The molecule has 4 aromatic rings. The van der Waals surface area contributed by atoms with Crippen molar-refractivity contribution in [1.82, 2.24) is 24.5 Å². The molecule has 2 fully saturated rings. The number of benzene rings is 1. The molecule has 1 aliphatic carbocycles. The van der Waals surface area contributed by atoms with Crippen LogP contribution in [0.5, 0.6) is 5.88 Å². The highest BCUT2D eigenvalue weighted by atomic mass is 35.5. The molecular formula is C25H25ClN6O2. The van der Waals surface area contributed by atoms with Crippen LogP contribution >= 0.6 is 11.6 Å². The van der Waals surface area contributed by atoms with Crippen molar-refractivity contribution in [2.75, 3.05) is 18.0 Å². The normalized spacial score (nSPS) is 17.1. The van der Waals surface area contributed by atoms with E-state index in [1.165, 1.54) is 6.33 Å². The third kappa shape index (κ3) is 3.86. The number of anilines is 1. The number of pyridine rings is 1. The number of fused-ring (bicyclic) bond motifs is 1. The minimum Gasteiger partial charge on any atom is -0.470 e. The first-order valence-electron chi connectivity index (χ1n) is 11.4. The number of imidazole rings is 1. The molecule has 0 bridgehead atoms. The fraction of sp³-hybridized carbons (Fsp3) is 0.360. The Morgan fingerprint density at radius 1 is 1.15 bits per heavy atom. The number of aliphatic hydroxyl groups excluding tert-OH is 1. The SMILES string of the molecule is Cc1ccnc(Cn2c(-c3ccc(N4CC(O)C4)cc3Cl)nc3c(OC4(C)CC4)ncnc32)c1. The fourth-order valence-corrected chi connectivity index (χ4v) is 4.51. The Balaban J connectivity index is 1.47. The quantitative estimate of drug-likeness (QED) is 0.449. The lowest BCUT2D eigenvalue weighted by atomic mass is 10.1. The molecule has 0 unspecified atom stereocenters. The summed E-state index contributed by atoms with van der Waals surface area (Å²) in [4.78, 5) is 20.5. The molecule has 0 atom stereocenters. The Morgan fingerprint density at radius 3 is 2.68 bits per heavy atom. The molecule has 1 aromatic carbocycles. The molecule has 4 heterocycles. The van der Waals surface area contributed by atoms with Crippen LogP contribution in [0, 0.1) is 6.92 Å². The summed E-state index contributed by atoms with van der Waals surface area (Å²) in [5.74, 6) is 1.18. The average molecular weight is 477 g/mol. The second-order valence-electron chi connectivity index (χ2n) is 9.47. The summed E-state index contributed by atoms with van der Waals surface area (Å²) >= 11 is 6.78. The number of hydrogen-bond acceptors (Lipinski definition) is 7. The third-order valence-electron chi connectivity index (χ3n) is 6.51. The van der Waals surface area contributed by atoms with Crippen molar-refractivity contribution in [1.29, 1.82) is 0 Å². The number of hydrogen-bond donors (Lipinski definition) is 1. The molecule has 8 nitrogen and oxygen atoms in total. The highest BCUT2D eigenvalue weighted by Crippen LogP contribution is 2.41. The van der Waals surface area contributed by atoms with E-state index in [0.717, 1.165) is 35.3 Å². The predicted molar refractivity (Wildman–Crippen MR) is 130 cm³/mol. The molecule has 174 valence electrons. The maximum atomic E-state index is 9.65. The van der Waals surface area contributed by atoms with Crippen molar-refractivity contribution >= 4 is 28.5 Å². The molecule has 1 saturated carbocycles. The van der Waals surface area contributed by atoms with Crippen LogP contribution < -0.4 is 9.64 Å². The summed E-state index contributed by atoms with van der Waals surface area (Å²) < 4.78 is 8.23. The molecule has 9 heteroatoms. The zero-order valence-corrected chi connectivity index (χ0v) is 19.8. The van der Waals surface area contributed by atoms with Crippen molar-refractivity contribution in [3.8, 4) is 17.3 Å². The Kier molecular flexibility index (Phi) is 4.97. The van der Waals surface area contributed by atoms with Crippen LogP contribution in [-0.4, -0.2) is 54.4 Å². The summed E-state index contributed by atoms with van der Waals surface area (Å²) in [6, 6.07) is 9.93. The molecule has 0 amide bonds. The summed E-state index contributed by atoms with van der Waals surface area (Å²) in [5, 5.41) is 10.2.